The molecule has 1 aromatic heterocycles. The molecule has 0 radical (unpaired) electrons. The van der Waals surface area contributed by atoms with Gasteiger partial charge in [0.15, 0.2) is 0 Å². The molecule has 3 aliphatic rings. The molecule has 0 N–H and O–H groups in total. The molecule has 170 valence electrons. The van der Waals surface area contributed by atoms with Crippen LogP contribution in [0.2, 0.25) is 0 Å². The summed E-state index contributed by atoms with van der Waals surface area (Å²) in [5.41, 5.74) is 8.21. The number of aliphatic imine (C=N–C) groups is 2. The number of benzene rings is 1. The molecular formula is C27H31N5O. The lowest BCUT2D eigenvalue weighted by Crippen LogP contribution is -2.37. The fraction of sp³-hybridized carbons (Fsp3) is 0.407. The monoisotopic (exact) mass is 441 g/mol. The Balaban J connectivity index is 1.57. The van der Waals surface area contributed by atoms with E-state index in [4.69, 9.17) is 4.98 Å². The van der Waals surface area contributed by atoms with Gasteiger partial charge in [-0.1, -0.05) is 19.4 Å². The van der Waals surface area contributed by atoms with Crippen molar-refractivity contribution in [1.29, 1.82) is 0 Å². The number of hydrogen-bond donors (Lipinski definition) is 0. The van der Waals surface area contributed by atoms with E-state index in [1.165, 1.54) is 24.0 Å². The van der Waals surface area contributed by atoms with E-state index >= 15 is 0 Å². The summed E-state index contributed by atoms with van der Waals surface area (Å²) in [4.78, 5) is 31.5. The summed E-state index contributed by atoms with van der Waals surface area (Å²) >= 11 is 0. The van der Waals surface area contributed by atoms with Gasteiger partial charge in [-0.15, -0.1) is 0 Å². The second-order valence-electron chi connectivity index (χ2n) is 9.18. The minimum absolute atomic E-state index is 0.232. The number of rotatable bonds is 3. The van der Waals surface area contributed by atoms with Crippen molar-refractivity contribution in [2.24, 2.45) is 9.98 Å². The Bertz CT molecular complexity index is 1190. The number of carbonyl (C=O) groups is 1. The van der Waals surface area contributed by atoms with Gasteiger partial charge < -0.3 is 9.80 Å². The van der Waals surface area contributed by atoms with Crippen molar-refractivity contribution in [2.75, 3.05) is 29.9 Å². The summed E-state index contributed by atoms with van der Waals surface area (Å²) in [6, 6.07) is 10.4. The smallest absolute Gasteiger partial charge is 0.280 e. The summed E-state index contributed by atoms with van der Waals surface area (Å²) in [5, 5.41) is 0. The lowest BCUT2D eigenvalue weighted by Gasteiger charge is -2.21. The molecule has 1 aromatic carbocycles. The van der Waals surface area contributed by atoms with Crippen LogP contribution in [0.4, 0.5) is 11.4 Å². The highest BCUT2D eigenvalue weighted by molar-refractivity contribution is 6.20. The van der Waals surface area contributed by atoms with Crippen LogP contribution in [0.25, 0.3) is 5.57 Å². The van der Waals surface area contributed by atoms with Gasteiger partial charge in [0, 0.05) is 36.6 Å². The number of amides is 1. The molecule has 0 aliphatic carbocycles. The number of guanidine groups is 1. The van der Waals surface area contributed by atoms with Crippen LogP contribution in [0, 0.1) is 6.92 Å². The van der Waals surface area contributed by atoms with E-state index in [-0.39, 0.29) is 5.91 Å². The van der Waals surface area contributed by atoms with E-state index in [0.29, 0.717) is 11.5 Å². The van der Waals surface area contributed by atoms with Crippen LogP contribution in [-0.4, -0.2) is 43.2 Å². The molecule has 0 saturated carbocycles. The second kappa shape index (κ2) is 8.93. The normalized spacial score (nSPS) is 17.8. The number of unbranched alkanes of at least 4 members (excludes halogenated alkanes) is 1. The van der Waals surface area contributed by atoms with Crippen molar-refractivity contribution in [1.82, 2.24) is 4.98 Å². The van der Waals surface area contributed by atoms with Gasteiger partial charge in [0.1, 0.15) is 0 Å². The maximum atomic E-state index is 13.4. The summed E-state index contributed by atoms with van der Waals surface area (Å²) in [5.74, 6) is 0.476. The number of anilines is 2. The Morgan fingerprint density at radius 2 is 1.97 bits per heavy atom. The van der Waals surface area contributed by atoms with Crippen molar-refractivity contribution in [3.05, 3.63) is 58.4 Å². The molecule has 3 aliphatic heterocycles. The fourth-order valence-electron chi connectivity index (χ4n) is 4.94. The molecule has 6 nitrogen and oxygen atoms in total. The molecule has 0 spiro atoms. The number of allylic oxidation sites excluding steroid dienone is 1. The first-order valence-corrected chi connectivity index (χ1v) is 12.0. The SMILES string of the molecule is CCCCc1ccc2c(c1)N1CCCCC3=C(C=NC3)c3cc(cc(C)n3)C(=O)N=C1N2C. The lowest BCUT2D eigenvalue weighted by molar-refractivity contribution is 0.100. The van der Waals surface area contributed by atoms with Gasteiger partial charge in [0.05, 0.1) is 23.6 Å². The van der Waals surface area contributed by atoms with Crippen LogP contribution in [-0.2, 0) is 6.42 Å². The Labute approximate surface area is 195 Å². The van der Waals surface area contributed by atoms with Crippen molar-refractivity contribution in [3.8, 4) is 0 Å². The van der Waals surface area contributed by atoms with Crippen LogP contribution >= 0.6 is 0 Å². The zero-order chi connectivity index (χ0) is 22.9. The quantitative estimate of drug-likeness (QED) is 0.656. The van der Waals surface area contributed by atoms with E-state index < -0.39 is 0 Å². The maximum Gasteiger partial charge on any atom is 0.280 e. The third-order valence-electron chi connectivity index (χ3n) is 6.72. The first-order chi connectivity index (χ1) is 16.0. The molecule has 0 saturated heterocycles. The van der Waals surface area contributed by atoms with Crippen molar-refractivity contribution in [2.45, 2.75) is 52.4 Å². The van der Waals surface area contributed by atoms with Gasteiger partial charge in [-0.2, -0.15) is 4.99 Å². The largest absolute Gasteiger partial charge is 0.313 e. The van der Waals surface area contributed by atoms with Gasteiger partial charge in [-0.3, -0.25) is 14.8 Å². The Kier molecular flexibility index (Phi) is 5.83. The maximum absolute atomic E-state index is 13.4. The number of fused-ring (bicyclic) bond motifs is 6. The number of aromatic nitrogens is 1. The summed E-state index contributed by atoms with van der Waals surface area (Å²) in [7, 11) is 2.00. The van der Waals surface area contributed by atoms with E-state index in [9.17, 15) is 4.79 Å². The molecule has 2 bridgehead atoms. The summed E-state index contributed by atoms with van der Waals surface area (Å²) < 4.78 is 0. The Morgan fingerprint density at radius 1 is 1.09 bits per heavy atom. The highest BCUT2D eigenvalue weighted by atomic mass is 16.1. The Morgan fingerprint density at radius 3 is 2.82 bits per heavy atom. The third-order valence-corrected chi connectivity index (χ3v) is 6.72. The van der Waals surface area contributed by atoms with Gasteiger partial charge in [0.2, 0.25) is 5.96 Å². The third kappa shape index (κ3) is 4.10. The Hall–Kier alpha value is -3.28. The summed E-state index contributed by atoms with van der Waals surface area (Å²) in [6.07, 6.45) is 8.41. The number of nitrogens with zero attached hydrogens (tertiary/aromatic N) is 5. The molecule has 5 rings (SSSR count). The molecule has 6 heteroatoms. The second-order valence-corrected chi connectivity index (χ2v) is 9.18. The molecule has 1 amide bonds. The molecule has 0 atom stereocenters. The number of pyridine rings is 1. The standard InChI is InChI=1S/C27H31N5O/c1-4-5-8-19-10-11-24-25(14-19)32-12-7-6-9-20-16-28-17-22(20)23-15-21(13-18(2)29-23)26(33)30-27(32)31(24)3/h10-11,13-15,17H,4-9,12,16H2,1-3H3. The highest BCUT2D eigenvalue weighted by Crippen LogP contribution is 2.38. The number of aryl methyl sites for hydroxylation is 2. The average Bonchev–Trinajstić information content (AvgIpc) is 3.37. The summed E-state index contributed by atoms with van der Waals surface area (Å²) in [6.45, 7) is 5.71. The molecular weight excluding hydrogens is 410 g/mol. The topological polar surface area (TPSA) is 61.2 Å². The minimum Gasteiger partial charge on any atom is -0.313 e. The van der Waals surface area contributed by atoms with Gasteiger partial charge >= 0.3 is 0 Å². The fourth-order valence-corrected chi connectivity index (χ4v) is 4.94. The van der Waals surface area contributed by atoms with E-state index in [1.807, 2.05) is 32.3 Å². The minimum atomic E-state index is -0.232. The van der Waals surface area contributed by atoms with Crippen molar-refractivity contribution in [3.63, 3.8) is 0 Å². The van der Waals surface area contributed by atoms with Crippen molar-refractivity contribution >= 4 is 35.0 Å². The zero-order valence-corrected chi connectivity index (χ0v) is 19.8. The first-order valence-electron chi connectivity index (χ1n) is 12.0. The molecule has 33 heavy (non-hydrogen) atoms. The lowest BCUT2D eigenvalue weighted by atomic mass is 10.0. The van der Waals surface area contributed by atoms with Crippen molar-refractivity contribution < 1.29 is 4.79 Å². The predicted octanol–water partition coefficient (Wildman–Crippen LogP) is 5.21. The number of carbonyl (C=O) groups excluding carboxylic acids is 1. The first kappa shape index (κ1) is 21.6. The van der Waals surface area contributed by atoms with Crippen LogP contribution < -0.4 is 9.80 Å². The zero-order valence-electron chi connectivity index (χ0n) is 19.8. The van der Waals surface area contributed by atoms with E-state index in [1.54, 1.807) is 0 Å². The predicted molar refractivity (Wildman–Crippen MR) is 136 cm³/mol. The van der Waals surface area contributed by atoms with Gasteiger partial charge in [-0.05, 0) is 74.4 Å². The van der Waals surface area contributed by atoms with Crippen LogP contribution in [0.3, 0.4) is 0 Å². The molecule has 2 aromatic rings. The molecule has 4 heterocycles. The van der Waals surface area contributed by atoms with Crippen LogP contribution in [0.5, 0.6) is 0 Å². The van der Waals surface area contributed by atoms with Gasteiger partial charge in [-0.25, -0.2) is 0 Å². The molecule has 0 fully saturated rings. The molecule has 0 unspecified atom stereocenters. The van der Waals surface area contributed by atoms with E-state index in [2.05, 4.69) is 44.9 Å². The highest BCUT2D eigenvalue weighted by Gasteiger charge is 2.31. The average molecular weight is 442 g/mol. The van der Waals surface area contributed by atoms with Crippen LogP contribution in [0.1, 0.15) is 66.3 Å². The number of hydrogen-bond acceptors (Lipinski definition) is 5. The van der Waals surface area contributed by atoms with Crippen LogP contribution in [0.15, 0.2) is 45.9 Å². The van der Waals surface area contributed by atoms with Gasteiger partial charge in [0.25, 0.3) is 5.91 Å². The van der Waals surface area contributed by atoms with E-state index in [0.717, 1.165) is 67.1 Å².